The van der Waals surface area contributed by atoms with Gasteiger partial charge in [-0.15, -0.1) is 11.8 Å². The van der Waals surface area contributed by atoms with Crippen LogP contribution in [-0.4, -0.2) is 31.4 Å². The standard InChI is InChI=1S/C16H23NO2S/c1-13-4-2-3-5-15(13)11-20-12-16(18)17-8-6-14-7-9-19-10-14/h2-5,14H,6-12H2,1H3,(H,17,18). The summed E-state index contributed by atoms with van der Waals surface area (Å²) < 4.78 is 5.32. The van der Waals surface area contributed by atoms with E-state index in [-0.39, 0.29) is 5.91 Å². The van der Waals surface area contributed by atoms with Gasteiger partial charge in [-0.05, 0) is 36.8 Å². The summed E-state index contributed by atoms with van der Waals surface area (Å²) in [6, 6.07) is 8.33. The molecule has 1 amide bonds. The van der Waals surface area contributed by atoms with E-state index >= 15 is 0 Å². The largest absolute Gasteiger partial charge is 0.381 e. The molecule has 1 aliphatic rings. The third kappa shape index (κ3) is 5.17. The van der Waals surface area contributed by atoms with E-state index in [0.717, 1.165) is 38.4 Å². The first kappa shape index (κ1) is 15.4. The van der Waals surface area contributed by atoms with Crippen LogP contribution < -0.4 is 5.32 Å². The Morgan fingerprint density at radius 1 is 1.45 bits per heavy atom. The fourth-order valence-electron chi connectivity index (χ4n) is 2.30. The molecule has 1 aliphatic heterocycles. The molecule has 3 nitrogen and oxygen atoms in total. The van der Waals surface area contributed by atoms with Crippen LogP contribution in [0.1, 0.15) is 24.0 Å². The molecule has 110 valence electrons. The summed E-state index contributed by atoms with van der Waals surface area (Å²) in [6.07, 6.45) is 2.17. The van der Waals surface area contributed by atoms with Crippen molar-refractivity contribution in [2.24, 2.45) is 5.92 Å². The molecule has 2 rings (SSSR count). The normalized spacial score (nSPS) is 18.1. The van der Waals surface area contributed by atoms with E-state index in [2.05, 4.69) is 24.4 Å². The molecule has 0 aliphatic carbocycles. The van der Waals surface area contributed by atoms with Gasteiger partial charge in [0.25, 0.3) is 0 Å². The van der Waals surface area contributed by atoms with Crippen LogP contribution in [0.25, 0.3) is 0 Å². The van der Waals surface area contributed by atoms with Crippen molar-refractivity contribution in [1.29, 1.82) is 0 Å². The van der Waals surface area contributed by atoms with Gasteiger partial charge in [0.1, 0.15) is 0 Å². The molecule has 0 bridgehead atoms. The average molecular weight is 293 g/mol. The number of amides is 1. The summed E-state index contributed by atoms with van der Waals surface area (Å²) in [6.45, 7) is 4.63. The van der Waals surface area contributed by atoms with Crippen LogP contribution >= 0.6 is 11.8 Å². The lowest BCUT2D eigenvalue weighted by Crippen LogP contribution is -2.27. The second kappa shape index (κ2) is 8.32. The monoisotopic (exact) mass is 293 g/mol. The molecule has 1 N–H and O–H groups in total. The molecular weight excluding hydrogens is 270 g/mol. The van der Waals surface area contributed by atoms with Crippen molar-refractivity contribution in [2.75, 3.05) is 25.5 Å². The number of carbonyl (C=O) groups excluding carboxylic acids is 1. The Labute approximate surface area is 125 Å². The number of benzene rings is 1. The number of hydrogen-bond donors (Lipinski definition) is 1. The van der Waals surface area contributed by atoms with Crippen molar-refractivity contribution >= 4 is 17.7 Å². The third-order valence-corrected chi connectivity index (χ3v) is 4.63. The molecule has 1 heterocycles. The molecule has 0 saturated carbocycles. The van der Waals surface area contributed by atoms with Crippen molar-refractivity contribution in [3.8, 4) is 0 Å². The van der Waals surface area contributed by atoms with Gasteiger partial charge >= 0.3 is 0 Å². The maximum Gasteiger partial charge on any atom is 0.230 e. The molecular formula is C16H23NO2S. The molecule has 20 heavy (non-hydrogen) atoms. The zero-order chi connectivity index (χ0) is 14.2. The summed E-state index contributed by atoms with van der Waals surface area (Å²) in [5, 5.41) is 3.00. The van der Waals surface area contributed by atoms with Gasteiger partial charge in [-0.2, -0.15) is 0 Å². The topological polar surface area (TPSA) is 38.3 Å². The first-order chi connectivity index (χ1) is 9.75. The molecule has 0 spiro atoms. The van der Waals surface area contributed by atoms with Crippen LogP contribution in [0.15, 0.2) is 24.3 Å². The van der Waals surface area contributed by atoms with Crippen LogP contribution in [0.2, 0.25) is 0 Å². The Morgan fingerprint density at radius 2 is 2.30 bits per heavy atom. The number of aryl methyl sites for hydroxylation is 1. The fraction of sp³-hybridized carbons (Fsp3) is 0.562. The summed E-state index contributed by atoms with van der Waals surface area (Å²) >= 11 is 1.67. The van der Waals surface area contributed by atoms with E-state index in [4.69, 9.17) is 4.74 Å². The van der Waals surface area contributed by atoms with Crippen molar-refractivity contribution in [2.45, 2.75) is 25.5 Å². The van der Waals surface area contributed by atoms with Crippen molar-refractivity contribution < 1.29 is 9.53 Å². The fourth-order valence-corrected chi connectivity index (χ4v) is 3.24. The van der Waals surface area contributed by atoms with Crippen molar-refractivity contribution in [3.05, 3.63) is 35.4 Å². The smallest absolute Gasteiger partial charge is 0.230 e. The zero-order valence-electron chi connectivity index (χ0n) is 12.1. The maximum absolute atomic E-state index is 11.7. The second-order valence-electron chi connectivity index (χ2n) is 5.29. The van der Waals surface area contributed by atoms with Gasteiger partial charge in [0.2, 0.25) is 5.91 Å². The summed E-state index contributed by atoms with van der Waals surface area (Å²) in [5.74, 6) is 2.21. The summed E-state index contributed by atoms with van der Waals surface area (Å²) in [4.78, 5) is 11.7. The Bertz CT molecular complexity index is 430. The minimum atomic E-state index is 0.141. The Balaban J connectivity index is 1.57. The highest BCUT2D eigenvalue weighted by Gasteiger charge is 2.15. The van der Waals surface area contributed by atoms with Gasteiger partial charge in [0, 0.05) is 25.5 Å². The van der Waals surface area contributed by atoms with Gasteiger partial charge in [0.15, 0.2) is 0 Å². The molecule has 1 atom stereocenters. The van der Waals surface area contributed by atoms with Crippen LogP contribution in [0, 0.1) is 12.8 Å². The predicted octanol–water partition coefficient (Wildman–Crippen LogP) is 2.77. The summed E-state index contributed by atoms with van der Waals surface area (Å²) in [5.41, 5.74) is 2.61. The van der Waals surface area contributed by atoms with E-state index < -0.39 is 0 Å². The quantitative estimate of drug-likeness (QED) is 0.840. The van der Waals surface area contributed by atoms with Gasteiger partial charge in [-0.25, -0.2) is 0 Å². The second-order valence-corrected chi connectivity index (χ2v) is 6.27. The van der Waals surface area contributed by atoms with Crippen LogP contribution in [-0.2, 0) is 15.3 Å². The van der Waals surface area contributed by atoms with Gasteiger partial charge < -0.3 is 10.1 Å². The number of hydrogen-bond acceptors (Lipinski definition) is 3. The van der Waals surface area contributed by atoms with Gasteiger partial charge in [-0.3, -0.25) is 4.79 Å². The van der Waals surface area contributed by atoms with Crippen LogP contribution in [0.4, 0.5) is 0 Å². The molecule has 0 aromatic heterocycles. The minimum Gasteiger partial charge on any atom is -0.381 e. The minimum absolute atomic E-state index is 0.141. The highest BCUT2D eigenvalue weighted by atomic mass is 32.2. The Kier molecular flexibility index (Phi) is 6.40. The maximum atomic E-state index is 11.7. The van der Waals surface area contributed by atoms with E-state index in [1.54, 1.807) is 11.8 Å². The Hall–Kier alpha value is -1.00. The lowest BCUT2D eigenvalue weighted by Gasteiger charge is -2.09. The molecule has 1 unspecified atom stereocenters. The number of rotatable bonds is 7. The lowest BCUT2D eigenvalue weighted by molar-refractivity contribution is -0.118. The van der Waals surface area contributed by atoms with Gasteiger partial charge in [0.05, 0.1) is 5.75 Å². The predicted molar refractivity (Wildman–Crippen MR) is 83.9 cm³/mol. The van der Waals surface area contributed by atoms with Crippen LogP contribution in [0.3, 0.4) is 0 Å². The number of carbonyl (C=O) groups is 1. The molecule has 1 aromatic carbocycles. The lowest BCUT2D eigenvalue weighted by atomic mass is 10.1. The summed E-state index contributed by atoms with van der Waals surface area (Å²) in [7, 11) is 0. The third-order valence-electron chi connectivity index (χ3n) is 3.65. The average Bonchev–Trinajstić information content (AvgIpc) is 2.94. The van der Waals surface area contributed by atoms with Crippen molar-refractivity contribution in [3.63, 3.8) is 0 Å². The molecule has 1 saturated heterocycles. The van der Waals surface area contributed by atoms with Crippen molar-refractivity contribution in [1.82, 2.24) is 5.32 Å². The SMILES string of the molecule is Cc1ccccc1CSCC(=O)NCCC1CCOC1. The highest BCUT2D eigenvalue weighted by Crippen LogP contribution is 2.16. The zero-order valence-corrected chi connectivity index (χ0v) is 12.9. The van der Waals surface area contributed by atoms with E-state index in [0.29, 0.717) is 11.7 Å². The first-order valence-corrected chi connectivity index (χ1v) is 8.38. The Morgan fingerprint density at radius 3 is 3.05 bits per heavy atom. The molecule has 1 aromatic rings. The first-order valence-electron chi connectivity index (χ1n) is 7.22. The van der Waals surface area contributed by atoms with E-state index in [9.17, 15) is 4.79 Å². The molecule has 1 fully saturated rings. The van der Waals surface area contributed by atoms with Crippen LogP contribution in [0.5, 0.6) is 0 Å². The van der Waals surface area contributed by atoms with Gasteiger partial charge in [-0.1, -0.05) is 24.3 Å². The highest BCUT2D eigenvalue weighted by molar-refractivity contribution is 7.99. The molecule has 4 heteroatoms. The number of nitrogens with one attached hydrogen (secondary N) is 1. The van der Waals surface area contributed by atoms with E-state index in [1.807, 2.05) is 12.1 Å². The number of ether oxygens (including phenoxy) is 1. The number of thioether (sulfide) groups is 1. The molecule has 0 radical (unpaired) electrons. The van der Waals surface area contributed by atoms with E-state index in [1.165, 1.54) is 11.1 Å².